The van der Waals surface area contributed by atoms with Gasteiger partial charge in [0.1, 0.15) is 5.75 Å². The van der Waals surface area contributed by atoms with Crippen LogP contribution >= 0.6 is 0 Å². The number of phenolic OH excluding ortho intramolecular Hbond substituents is 1. The third-order valence-electron chi connectivity index (χ3n) is 2.38. The zero-order chi connectivity index (χ0) is 12.3. The Morgan fingerprint density at radius 1 is 1.35 bits per heavy atom. The fraction of sp³-hybridized carbons (Fsp3) is 0.0769. The summed E-state index contributed by atoms with van der Waals surface area (Å²) in [6, 6.07) is 8.23. The maximum Gasteiger partial charge on any atom is 0.338 e. The van der Waals surface area contributed by atoms with Crippen LogP contribution < -0.4 is 0 Å². The van der Waals surface area contributed by atoms with Gasteiger partial charge < -0.3 is 9.84 Å². The monoisotopic (exact) mass is 229 g/mol. The second-order valence-corrected chi connectivity index (χ2v) is 3.46. The Bertz CT molecular complexity index is 552. The van der Waals surface area contributed by atoms with Crippen LogP contribution in [0.3, 0.4) is 0 Å². The number of rotatable bonds is 2. The first kappa shape index (κ1) is 11.1. The van der Waals surface area contributed by atoms with Crippen LogP contribution in [0.2, 0.25) is 0 Å². The van der Waals surface area contributed by atoms with E-state index in [1.165, 1.54) is 13.3 Å². The SMILES string of the molecule is COC(=O)c1ccncc1-c1cccc(O)c1. The molecule has 0 spiro atoms. The molecule has 0 atom stereocenters. The van der Waals surface area contributed by atoms with E-state index < -0.39 is 5.97 Å². The van der Waals surface area contributed by atoms with Crippen molar-refractivity contribution in [1.82, 2.24) is 4.98 Å². The minimum Gasteiger partial charge on any atom is -0.508 e. The molecule has 0 aliphatic carbocycles. The Balaban J connectivity index is 2.55. The molecular formula is C13H11NO3. The molecule has 0 fully saturated rings. The van der Waals surface area contributed by atoms with E-state index in [0.29, 0.717) is 11.1 Å². The average Bonchev–Trinajstić information content (AvgIpc) is 2.38. The van der Waals surface area contributed by atoms with Crippen LogP contribution in [0.1, 0.15) is 10.4 Å². The maximum absolute atomic E-state index is 11.6. The summed E-state index contributed by atoms with van der Waals surface area (Å²) in [4.78, 5) is 15.6. The smallest absolute Gasteiger partial charge is 0.338 e. The Hall–Kier alpha value is -2.36. The summed E-state index contributed by atoms with van der Waals surface area (Å²) in [6.07, 6.45) is 3.10. The number of aromatic hydroxyl groups is 1. The predicted octanol–water partition coefficient (Wildman–Crippen LogP) is 2.24. The first-order chi connectivity index (χ1) is 8.22. The Labute approximate surface area is 98.5 Å². The zero-order valence-electron chi connectivity index (χ0n) is 9.25. The highest BCUT2D eigenvalue weighted by atomic mass is 16.5. The van der Waals surface area contributed by atoms with Crippen LogP contribution in [0, 0.1) is 0 Å². The number of aromatic nitrogens is 1. The lowest BCUT2D eigenvalue weighted by Crippen LogP contribution is -2.03. The van der Waals surface area contributed by atoms with Crippen LogP contribution in [0.25, 0.3) is 11.1 Å². The molecule has 0 saturated heterocycles. The number of carbonyl (C=O) groups excluding carboxylic acids is 1. The van der Waals surface area contributed by atoms with Gasteiger partial charge in [-0.25, -0.2) is 4.79 Å². The number of phenols is 1. The molecule has 0 saturated carbocycles. The van der Waals surface area contributed by atoms with Gasteiger partial charge in [-0.2, -0.15) is 0 Å². The Kier molecular flexibility index (Phi) is 3.05. The van der Waals surface area contributed by atoms with E-state index >= 15 is 0 Å². The van der Waals surface area contributed by atoms with Crippen LogP contribution in [0.15, 0.2) is 42.7 Å². The Morgan fingerprint density at radius 2 is 2.18 bits per heavy atom. The standard InChI is InChI=1S/C13H11NO3/c1-17-13(16)11-5-6-14-8-12(11)9-3-2-4-10(15)7-9/h2-8,15H,1H3. The summed E-state index contributed by atoms with van der Waals surface area (Å²) >= 11 is 0. The number of benzene rings is 1. The summed E-state index contributed by atoms with van der Waals surface area (Å²) in [5.41, 5.74) is 1.78. The normalized spacial score (nSPS) is 9.94. The van der Waals surface area contributed by atoms with Gasteiger partial charge >= 0.3 is 5.97 Å². The molecule has 1 aromatic carbocycles. The number of hydrogen-bond donors (Lipinski definition) is 1. The lowest BCUT2D eigenvalue weighted by Gasteiger charge is -2.07. The van der Waals surface area contributed by atoms with E-state index in [9.17, 15) is 9.90 Å². The minimum absolute atomic E-state index is 0.141. The van der Waals surface area contributed by atoms with Gasteiger partial charge in [0.2, 0.25) is 0 Å². The largest absolute Gasteiger partial charge is 0.508 e. The van der Waals surface area contributed by atoms with Gasteiger partial charge in [-0.3, -0.25) is 4.98 Å². The molecule has 1 heterocycles. The van der Waals surface area contributed by atoms with E-state index in [-0.39, 0.29) is 5.75 Å². The van der Waals surface area contributed by atoms with Crippen molar-refractivity contribution < 1.29 is 14.6 Å². The molecule has 86 valence electrons. The molecule has 17 heavy (non-hydrogen) atoms. The van der Waals surface area contributed by atoms with Gasteiger partial charge in [0.05, 0.1) is 12.7 Å². The van der Waals surface area contributed by atoms with Gasteiger partial charge in [0, 0.05) is 18.0 Å². The first-order valence-electron chi connectivity index (χ1n) is 5.04. The van der Waals surface area contributed by atoms with E-state index in [1.807, 2.05) is 0 Å². The highest BCUT2D eigenvalue weighted by molar-refractivity contribution is 5.97. The van der Waals surface area contributed by atoms with Crippen molar-refractivity contribution in [2.24, 2.45) is 0 Å². The van der Waals surface area contributed by atoms with Crippen molar-refractivity contribution in [3.8, 4) is 16.9 Å². The van der Waals surface area contributed by atoms with Crippen LogP contribution in [0.4, 0.5) is 0 Å². The van der Waals surface area contributed by atoms with Crippen molar-refractivity contribution in [2.45, 2.75) is 0 Å². The zero-order valence-corrected chi connectivity index (χ0v) is 9.25. The number of esters is 1. The van der Waals surface area contributed by atoms with Crippen molar-refractivity contribution in [3.05, 3.63) is 48.3 Å². The van der Waals surface area contributed by atoms with Crippen molar-refractivity contribution >= 4 is 5.97 Å². The highest BCUT2D eigenvalue weighted by Gasteiger charge is 2.13. The summed E-state index contributed by atoms with van der Waals surface area (Å²) < 4.78 is 4.70. The fourth-order valence-electron chi connectivity index (χ4n) is 1.59. The lowest BCUT2D eigenvalue weighted by atomic mass is 10.0. The van der Waals surface area contributed by atoms with Gasteiger partial charge in [0.25, 0.3) is 0 Å². The van der Waals surface area contributed by atoms with E-state index in [2.05, 4.69) is 4.98 Å². The van der Waals surface area contributed by atoms with Gasteiger partial charge in [-0.05, 0) is 23.8 Å². The fourth-order valence-corrected chi connectivity index (χ4v) is 1.59. The van der Waals surface area contributed by atoms with E-state index in [0.717, 1.165) is 5.56 Å². The van der Waals surface area contributed by atoms with Crippen LogP contribution in [0.5, 0.6) is 5.75 Å². The topological polar surface area (TPSA) is 59.4 Å². The number of carbonyl (C=O) groups is 1. The number of methoxy groups -OCH3 is 1. The predicted molar refractivity (Wildman–Crippen MR) is 62.7 cm³/mol. The molecule has 0 unspecified atom stereocenters. The van der Waals surface area contributed by atoms with Crippen molar-refractivity contribution in [2.75, 3.05) is 7.11 Å². The molecular weight excluding hydrogens is 218 g/mol. The number of pyridine rings is 1. The molecule has 0 amide bonds. The molecule has 0 radical (unpaired) electrons. The molecule has 0 aliphatic rings. The lowest BCUT2D eigenvalue weighted by molar-refractivity contribution is 0.0601. The second kappa shape index (κ2) is 4.65. The van der Waals surface area contributed by atoms with Gasteiger partial charge in [-0.1, -0.05) is 12.1 Å². The van der Waals surface area contributed by atoms with Crippen LogP contribution in [-0.2, 0) is 4.74 Å². The molecule has 0 bridgehead atoms. The molecule has 4 heteroatoms. The first-order valence-corrected chi connectivity index (χ1v) is 5.04. The van der Waals surface area contributed by atoms with Crippen LogP contribution in [-0.4, -0.2) is 23.2 Å². The Morgan fingerprint density at radius 3 is 2.88 bits per heavy atom. The molecule has 2 rings (SSSR count). The number of ether oxygens (including phenoxy) is 1. The van der Waals surface area contributed by atoms with Crippen molar-refractivity contribution in [1.29, 1.82) is 0 Å². The molecule has 1 aromatic heterocycles. The van der Waals surface area contributed by atoms with E-state index in [1.54, 1.807) is 36.5 Å². The maximum atomic E-state index is 11.6. The number of hydrogen-bond acceptors (Lipinski definition) is 4. The third-order valence-corrected chi connectivity index (χ3v) is 2.38. The van der Waals surface area contributed by atoms with Crippen molar-refractivity contribution in [3.63, 3.8) is 0 Å². The quantitative estimate of drug-likeness (QED) is 0.802. The van der Waals surface area contributed by atoms with Gasteiger partial charge in [0.15, 0.2) is 0 Å². The summed E-state index contributed by atoms with van der Waals surface area (Å²) in [6.45, 7) is 0. The molecule has 2 aromatic rings. The molecule has 0 aliphatic heterocycles. The third kappa shape index (κ3) is 2.25. The summed E-state index contributed by atoms with van der Waals surface area (Å²) in [5.74, 6) is -0.284. The summed E-state index contributed by atoms with van der Waals surface area (Å²) in [5, 5.41) is 9.42. The second-order valence-electron chi connectivity index (χ2n) is 3.46. The summed E-state index contributed by atoms with van der Waals surface area (Å²) in [7, 11) is 1.33. The van der Waals surface area contributed by atoms with Gasteiger partial charge in [-0.15, -0.1) is 0 Å². The average molecular weight is 229 g/mol. The minimum atomic E-state index is -0.425. The molecule has 4 nitrogen and oxygen atoms in total. The number of nitrogens with zero attached hydrogens (tertiary/aromatic N) is 1. The van der Waals surface area contributed by atoms with E-state index in [4.69, 9.17) is 4.74 Å². The highest BCUT2D eigenvalue weighted by Crippen LogP contribution is 2.26. The molecule has 1 N–H and O–H groups in total.